The summed E-state index contributed by atoms with van der Waals surface area (Å²) >= 11 is 0. The van der Waals surface area contributed by atoms with Crippen LogP contribution in [0, 0.1) is 6.92 Å². The lowest BCUT2D eigenvalue weighted by molar-refractivity contribution is 0.340. The molecule has 5 heteroatoms. The maximum Gasteiger partial charge on any atom is 0.169 e. The zero-order chi connectivity index (χ0) is 13.0. The highest BCUT2D eigenvalue weighted by Crippen LogP contribution is 2.21. The first-order chi connectivity index (χ1) is 8.72. The lowest BCUT2D eigenvalue weighted by Crippen LogP contribution is -2.05. The van der Waals surface area contributed by atoms with Gasteiger partial charge in [-0.1, -0.05) is 0 Å². The number of anilines is 1. The molecule has 0 amide bonds. The molecule has 0 aromatic carbocycles. The molecule has 2 heterocycles. The molecule has 0 atom stereocenters. The van der Waals surface area contributed by atoms with Crippen LogP contribution in [0.1, 0.15) is 18.2 Å². The molecule has 18 heavy (non-hydrogen) atoms. The minimum Gasteiger partial charge on any atom is -0.490 e. The van der Waals surface area contributed by atoms with Gasteiger partial charge in [-0.2, -0.15) is 5.10 Å². The van der Waals surface area contributed by atoms with E-state index >= 15 is 0 Å². The van der Waals surface area contributed by atoms with Crippen LogP contribution in [0.2, 0.25) is 0 Å². The van der Waals surface area contributed by atoms with Crippen LogP contribution < -0.4 is 10.1 Å². The lowest BCUT2D eigenvalue weighted by Gasteiger charge is -2.10. The van der Waals surface area contributed by atoms with Crippen LogP contribution >= 0.6 is 0 Å². The van der Waals surface area contributed by atoms with E-state index in [9.17, 15) is 0 Å². The van der Waals surface area contributed by atoms with Gasteiger partial charge < -0.3 is 10.1 Å². The molecule has 0 spiro atoms. The summed E-state index contributed by atoms with van der Waals surface area (Å²) in [6, 6.07) is 3.78. The number of aromatic nitrogens is 3. The van der Waals surface area contributed by atoms with Crippen molar-refractivity contribution < 1.29 is 4.74 Å². The monoisotopic (exact) mass is 246 g/mol. The summed E-state index contributed by atoms with van der Waals surface area (Å²) in [5.41, 5.74) is 2.31. The topological polar surface area (TPSA) is 52.0 Å². The van der Waals surface area contributed by atoms with Gasteiger partial charge in [0.25, 0.3) is 0 Å². The van der Waals surface area contributed by atoms with Gasteiger partial charge in [0.05, 0.1) is 12.8 Å². The van der Waals surface area contributed by atoms with Gasteiger partial charge in [-0.3, -0.25) is 4.68 Å². The third kappa shape index (κ3) is 2.61. The minimum atomic E-state index is 0.631. The first kappa shape index (κ1) is 12.4. The predicted octanol–water partition coefficient (Wildman–Crippen LogP) is 2.13. The zero-order valence-corrected chi connectivity index (χ0v) is 11.0. The molecule has 0 bridgehead atoms. The third-order valence-corrected chi connectivity index (χ3v) is 2.85. The van der Waals surface area contributed by atoms with Crippen LogP contribution in [0.4, 0.5) is 5.82 Å². The van der Waals surface area contributed by atoms with Crippen molar-refractivity contribution in [1.29, 1.82) is 0 Å². The van der Waals surface area contributed by atoms with Gasteiger partial charge in [-0.05, 0) is 26.0 Å². The van der Waals surface area contributed by atoms with Crippen molar-refractivity contribution in [3.05, 3.63) is 35.8 Å². The Morgan fingerprint density at radius 2 is 2.28 bits per heavy atom. The average Bonchev–Trinajstić information content (AvgIpc) is 2.70. The van der Waals surface area contributed by atoms with Gasteiger partial charge in [0.1, 0.15) is 0 Å². The van der Waals surface area contributed by atoms with E-state index in [0.29, 0.717) is 13.2 Å². The van der Waals surface area contributed by atoms with Crippen LogP contribution in [-0.2, 0) is 13.6 Å². The van der Waals surface area contributed by atoms with Crippen LogP contribution in [0.25, 0.3) is 0 Å². The SMILES string of the molecule is CCOc1cccnc1NCc1cnn(C)c1C. The van der Waals surface area contributed by atoms with Crippen LogP contribution in [0.5, 0.6) is 5.75 Å². The Labute approximate surface area is 107 Å². The Hall–Kier alpha value is -2.04. The van der Waals surface area contributed by atoms with Crippen molar-refractivity contribution in [3.63, 3.8) is 0 Å². The minimum absolute atomic E-state index is 0.631. The van der Waals surface area contributed by atoms with Gasteiger partial charge >= 0.3 is 0 Å². The summed E-state index contributed by atoms with van der Waals surface area (Å²) in [5, 5.41) is 7.49. The van der Waals surface area contributed by atoms with E-state index in [0.717, 1.165) is 22.8 Å². The van der Waals surface area contributed by atoms with Crippen LogP contribution in [-0.4, -0.2) is 21.4 Å². The predicted molar refractivity (Wildman–Crippen MR) is 70.7 cm³/mol. The maximum atomic E-state index is 5.52. The van der Waals surface area contributed by atoms with Gasteiger partial charge in [-0.15, -0.1) is 0 Å². The summed E-state index contributed by atoms with van der Waals surface area (Å²) in [6.45, 7) is 5.33. The van der Waals surface area contributed by atoms with E-state index in [2.05, 4.69) is 15.4 Å². The van der Waals surface area contributed by atoms with Crippen molar-refractivity contribution >= 4 is 5.82 Å². The van der Waals surface area contributed by atoms with Gasteiger partial charge in [-0.25, -0.2) is 4.98 Å². The fraction of sp³-hybridized carbons (Fsp3) is 0.385. The molecule has 2 aromatic rings. The first-order valence-corrected chi connectivity index (χ1v) is 6.01. The highest BCUT2D eigenvalue weighted by molar-refractivity contribution is 5.49. The Kier molecular flexibility index (Phi) is 3.82. The quantitative estimate of drug-likeness (QED) is 0.878. The first-order valence-electron chi connectivity index (χ1n) is 6.01. The van der Waals surface area contributed by atoms with Gasteiger partial charge in [0, 0.05) is 31.0 Å². The van der Waals surface area contributed by atoms with E-state index in [1.807, 2.05) is 43.9 Å². The van der Waals surface area contributed by atoms with E-state index < -0.39 is 0 Å². The number of ether oxygens (including phenoxy) is 1. The fourth-order valence-corrected chi connectivity index (χ4v) is 1.69. The maximum absolute atomic E-state index is 5.52. The van der Waals surface area contributed by atoms with Crippen LogP contribution in [0.3, 0.4) is 0 Å². The van der Waals surface area contributed by atoms with E-state index in [-0.39, 0.29) is 0 Å². The number of pyridine rings is 1. The smallest absolute Gasteiger partial charge is 0.169 e. The molecule has 0 saturated heterocycles. The third-order valence-electron chi connectivity index (χ3n) is 2.85. The van der Waals surface area contributed by atoms with E-state index in [1.165, 1.54) is 0 Å². The molecular formula is C13H18N4O. The van der Waals surface area contributed by atoms with E-state index in [1.54, 1.807) is 6.20 Å². The van der Waals surface area contributed by atoms with Crippen molar-refractivity contribution in [2.75, 3.05) is 11.9 Å². The number of nitrogens with zero attached hydrogens (tertiary/aromatic N) is 3. The van der Waals surface area contributed by atoms with Crippen molar-refractivity contribution in [3.8, 4) is 5.75 Å². The lowest BCUT2D eigenvalue weighted by atomic mass is 10.2. The molecule has 96 valence electrons. The molecule has 0 unspecified atom stereocenters. The summed E-state index contributed by atoms with van der Waals surface area (Å²) in [6.07, 6.45) is 3.62. The number of aryl methyl sites for hydroxylation is 1. The molecule has 0 aliphatic carbocycles. The highest BCUT2D eigenvalue weighted by atomic mass is 16.5. The standard InChI is InChI=1S/C13H18N4O/c1-4-18-12-6-5-7-14-13(12)15-8-11-9-16-17(3)10(11)2/h5-7,9H,4,8H2,1-3H3,(H,14,15). The summed E-state index contributed by atoms with van der Waals surface area (Å²) < 4.78 is 7.38. The average molecular weight is 246 g/mol. The zero-order valence-electron chi connectivity index (χ0n) is 11.0. The summed E-state index contributed by atoms with van der Waals surface area (Å²) in [7, 11) is 1.94. The molecule has 0 saturated carbocycles. The molecule has 2 rings (SSSR count). The summed E-state index contributed by atoms with van der Waals surface area (Å²) in [5.74, 6) is 1.55. The summed E-state index contributed by atoms with van der Waals surface area (Å²) in [4.78, 5) is 4.29. The molecular weight excluding hydrogens is 228 g/mol. The molecule has 0 aliphatic heterocycles. The van der Waals surface area contributed by atoms with Gasteiger partial charge in [0.2, 0.25) is 0 Å². The molecule has 1 N–H and O–H groups in total. The van der Waals surface area contributed by atoms with Crippen molar-refractivity contribution in [2.45, 2.75) is 20.4 Å². The Bertz CT molecular complexity index is 521. The van der Waals surface area contributed by atoms with Gasteiger partial charge in [0.15, 0.2) is 11.6 Å². The number of hydrogen-bond acceptors (Lipinski definition) is 4. The molecule has 5 nitrogen and oxygen atoms in total. The van der Waals surface area contributed by atoms with E-state index in [4.69, 9.17) is 4.74 Å². The number of rotatable bonds is 5. The van der Waals surface area contributed by atoms with Crippen LogP contribution in [0.15, 0.2) is 24.5 Å². The molecule has 0 fully saturated rings. The second-order valence-corrected chi connectivity index (χ2v) is 4.02. The molecule has 0 radical (unpaired) electrons. The fourth-order valence-electron chi connectivity index (χ4n) is 1.69. The van der Waals surface area contributed by atoms with Crippen molar-refractivity contribution in [1.82, 2.24) is 14.8 Å². The highest BCUT2D eigenvalue weighted by Gasteiger charge is 2.06. The second-order valence-electron chi connectivity index (χ2n) is 4.02. The van der Waals surface area contributed by atoms with Crippen molar-refractivity contribution in [2.24, 2.45) is 7.05 Å². The molecule has 0 aliphatic rings. The Morgan fingerprint density at radius 3 is 2.94 bits per heavy atom. The number of nitrogens with one attached hydrogen (secondary N) is 1. The Morgan fingerprint density at radius 1 is 1.44 bits per heavy atom. The largest absolute Gasteiger partial charge is 0.490 e. The Balaban J connectivity index is 2.08. The number of hydrogen-bond donors (Lipinski definition) is 1. The normalized spacial score (nSPS) is 10.4. The molecule has 2 aromatic heterocycles. The second kappa shape index (κ2) is 5.53.